The molecule has 0 aliphatic rings. The van der Waals surface area contributed by atoms with Crippen LogP contribution in [0, 0.1) is 6.92 Å². The molecule has 0 saturated heterocycles. The second-order valence-electron chi connectivity index (χ2n) is 2.37. The molecule has 0 unspecified atom stereocenters. The van der Waals surface area contributed by atoms with E-state index in [9.17, 15) is 0 Å². The Morgan fingerprint density at radius 1 is 1.55 bits per heavy atom. The molecule has 0 N–H and O–H groups in total. The zero-order valence-electron chi connectivity index (χ0n) is 6.67. The maximum atomic E-state index is 4.10. The summed E-state index contributed by atoms with van der Waals surface area (Å²) in [6.45, 7) is 9.47. The third-order valence-electron chi connectivity index (χ3n) is 1.60. The van der Waals surface area contributed by atoms with Gasteiger partial charge in [0.1, 0.15) is 0 Å². The molecule has 1 aromatic heterocycles. The first-order chi connectivity index (χ1) is 5.25. The van der Waals surface area contributed by atoms with Gasteiger partial charge in [0.15, 0.2) is 0 Å². The Morgan fingerprint density at radius 3 is 2.91 bits per heavy atom. The number of aromatic nitrogens is 1. The number of aryl methyl sites for hydroxylation is 1. The normalized spacial score (nSPS) is 11.5. The van der Waals surface area contributed by atoms with Gasteiger partial charge in [-0.2, -0.15) is 0 Å². The zero-order chi connectivity index (χ0) is 8.27. The Morgan fingerprint density at radius 2 is 2.27 bits per heavy atom. The average Bonchev–Trinajstić information content (AvgIpc) is 1.99. The fourth-order valence-corrected chi connectivity index (χ4v) is 0.900. The molecule has 0 aromatic carbocycles. The second-order valence-corrected chi connectivity index (χ2v) is 2.37. The average molecular weight is 145 g/mol. The first-order valence-electron chi connectivity index (χ1n) is 3.49. The van der Waals surface area contributed by atoms with E-state index in [2.05, 4.69) is 18.1 Å². The van der Waals surface area contributed by atoms with Gasteiger partial charge in [0.2, 0.25) is 0 Å². The zero-order valence-corrected chi connectivity index (χ0v) is 6.67. The van der Waals surface area contributed by atoms with E-state index in [-0.39, 0.29) is 0 Å². The van der Waals surface area contributed by atoms with Gasteiger partial charge < -0.3 is 0 Å². The van der Waals surface area contributed by atoms with Crippen molar-refractivity contribution in [3.05, 3.63) is 41.0 Å². The molecule has 1 rings (SSSR count). The topological polar surface area (TPSA) is 12.9 Å². The van der Waals surface area contributed by atoms with Gasteiger partial charge in [-0.25, -0.2) is 0 Å². The van der Waals surface area contributed by atoms with Crippen LogP contribution < -0.4 is 10.4 Å². The molecule has 0 fully saturated rings. The fourth-order valence-electron chi connectivity index (χ4n) is 0.900. The molecule has 1 aromatic rings. The molecule has 0 aliphatic carbocycles. The fraction of sp³-hybridized carbons (Fsp3) is 0.100. The molecule has 0 bridgehead atoms. The molecule has 0 amide bonds. The summed E-state index contributed by atoms with van der Waals surface area (Å²) in [5, 5.41) is 2.07. The Labute approximate surface area is 66.4 Å². The predicted molar refractivity (Wildman–Crippen MR) is 48.4 cm³/mol. The van der Waals surface area contributed by atoms with Crippen LogP contribution in [0.3, 0.4) is 0 Å². The third-order valence-corrected chi connectivity index (χ3v) is 1.60. The molecule has 56 valence electrons. The quantitative estimate of drug-likeness (QED) is 0.568. The van der Waals surface area contributed by atoms with Crippen molar-refractivity contribution in [1.82, 2.24) is 4.98 Å². The van der Waals surface area contributed by atoms with Crippen LogP contribution >= 0.6 is 0 Å². The lowest BCUT2D eigenvalue weighted by Crippen LogP contribution is -2.26. The Balaban J connectivity index is 3.52. The van der Waals surface area contributed by atoms with Gasteiger partial charge in [0.05, 0.1) is 0 Å². The minimum absolute atomic E-state index is 0.973. The third kappa shape index (κ3) is 1.55. The van der Waals surface area contributed by atoms with Gasteiger partial charge in [-0.05, 0) is 23.4 Å². The SMILES string of the molecule is C=CC=c1ccnc(C)c1=C. The van der Waals surface area contributed by atoms with Crippen LogP contribution in [0.1, 0.15) is 5.69 Å². The van der Waals surface area contributed by atoms with E-state index in [4.69, 9.17) is 0 Å². The minimum Gasteiger partial charge on any atom is -0.261 e. The van der Waals surface area contributed by atoms with Crippen molar-refractivity contribution in [2.24, 2.45) is 0 Å². The molecule has 0 radical (unpaired) electrons. The number of rotatable bonds is 1. The molecule has 0 aliphatic heterocycles. The summed E-state index contributed by atoms with van der Waals surface area (Å²) in [6.07, 6.45) is 5.46. The summed E-state index contributed by atoms with van der Waals surface area (Å²) in [5.74, 6) is 0. The number of allylic oxidation sites excluding steroid dienone is 1. The molecular weight excluding hydrogens is 134 g/mol. The number of pyridine rings is 1. The lowest BCUT2D eigenvalue weighted by molar-refractivity contribution is 1.16. The molecular formula is C10H11N. The minimum atomic E-state index is 0.973. The largest absolute Gasteiger partial charge is 0.261 e. The Kier molecular flexibility index (Phi) is 2.21. The maximum Gasteiger partial charge on any atom is 0.0444 e. The highest BCUT2D eigenvalue weighted by Gasteiger charge is 1.85. The van der Waals surface area contributed by atoms with Crippen LogP contribution in [0.25, 0.3) is 12.7 Å². The van der Waals surface area contributed by atoms with Gasteiger partial charge in [-0.15, -0.1) is 0 Å². The summed E-state index contributed by atoms with van der Waals surface area (Å²) >= 11 is 0. The van der Waals surface area contributed by atoms with E-state index < -0.39 is 0 Å². The second kappa shape index (κ2) is 3.15. The van der Waals surface area contributed by atoms with Crippen LogP contribution in [0.4, 0.5) is 0 Å². The molecule has 1 heteroatoms. The molecule has 1 heterocycles. The highest BCUT2D eigenvalue weighted by atomic mass is 14.6. The van der Waals surface area contributed by atoms with Crippen molar-refractivity contribution < 1.29 is 0 Å². The Bertz CT molecular complexity index is 363. The first-order valence-corrected chi connectivity index (χ1v) is 3.49. The van der Waals surface area contributed by atoms with E-state index >= 15 is 0 Å². The summed E-state index contributed by atoms with van der Waals surface area (Å²) in [5.41, 5.74) is 0.973. The lowest BCUT2D eigenvalue weighted by Gasteiger charge is -1.91. The van der Waals surface area contributed by atoms with Crippen LogP contribution in [0.2, 0.25) is 0 Å². The predicted octanol–water partition coefficient (Wildman–Crippen LogP) is 0.767. The van der Waals surface area contributed by atoms with E-state index in [1.54, 1.807) is 12.3 Å². The number of hydrogen-bond donors (Lipinski definition) is 0. The van der Waals surface area contributed by atoms with E-state index in [0.29, 0.717) is 0 Å². The Hall–Kier alpha value is -1.37. The van der Waals surface area contributed by atoms with Crippen LogP contribution in [-0.4, -0.2) is 4.98 Å². The smallest absolute Gasteiger partial charge is 0.0444 e. The highest BCUT2D eigenvalue weighted by molar-refractivity contribution is 5.36. The molecule has 0 atom stereocenters. The first kappa shape index (κ1) is 7.73. The van der Waals surface area contributed by atoms with Crippen LogP contribution in [0.5, 0.6) is 0 Å². The summed E-state index contributed by atoms with van der Waals surface area (Å²) < 4.78 is 0. The van der Waals surface area contributed by atoms with Crippen molar-refractivity contribution >= 4 is 12.7 Å². The van der Waals surface area contributed by atoms with Crippen LogP contribution in [0.15, 0.2) is 24.9 Å². The van der Waals surface area contributed by atoms with Gasteiger partial charge in [-0.3, -0.25) is 4.98 Å². The maximum absolute atomic E-state index is 4.10. The highest BCUT2D eigenvalue weighted by Crippen LogP contribution is 1.74. The van der Waals surface area contributed by atoms with Crippen LogP contribution in [-0.2, 0) is 0 Å². The van der Waals surface area contributed by atoms with Crippen molar-refractivity contribution in [3.8, 4) is 0 Å². The molecule has 0 spiro atoms. The number of nitrogens with zero attached hydrogens (tertiary/aromatic N) is 1. The molecule has 1 nitrogen and oxygen atoms in total. The summed E-state index contributed by atoms with van der Waals surface area (Å²) in [7, 11) is 0. The van der Waals surface area contributed by atoms with Crippen molar-refractivity contribution in [1.29, 1.82) is 0 Å². The van der Waals surface area contributed by atoms with E-state index in [1.165, 1.54) is 0 Å². The molecule has 11 heavy (non-hydrogen) atoms. The lowest BCUT2D eigenvalue weighted by atomic mass is 10.2. The van der Waals surface area contributed by atoms with Crippen molar-refractivity contribution in [2.75, 3.05) is 0 Å². The monoisotopic (exact) mass is 145 g/mol. The van der Waals surface area contributed by atoms with Crippen molar-refractivity contribution in [3.63, 3.8) is 0 Å². The number of hydrogen-bond acceptors (Lipinski definition) is 1. The van der Waals surface area contributed by atoms with Crippen molar-refractivity contribution in [2.45, 2.75) is 6.92 Å². The van der Waals surface area contributed by atoms with Gasteiger partial charge in [-0.1, -0.05) is 25.3 Å². The summed E-state index contributed by atoms with van der Waals surface area (Å²) in [6, 6.07) is 1.93. The van der Waals surface area contributed by atoms with Gasteiger partial charge in [0, 0.05) is 11.9 Å². The summed E-state index contributed by atoms with van der Waals surface area (Å²) in [4.78, 5) is 4.10. The molecule has 0 saturated carbocycles. The van der Waals surface area contributed by atoms with Gasteiger partial charge in [0.25, 0.3) is 0 Å². The standard InChI is InChI=1S/C10H11N/c1-4-5-10-6-7-11-9(3)8(10)2/h4-7H,1-2H2,3H3. The van der Waals surface area contributed by atoms with Gasteiger partial charge >= 0.3 is 0 Å². The van der Waals surface area contributed by atoms with E-state index in [0.717, 1.165) is 16.1 Å². The van der Waals surface area contributed by atoms with E-state index in [1.807, 2.05) is 19.1 Å².